The Morgan fingerprint density at radius 2 is 2.10 bits per heavy atom. The summed E-state index contributed by atoms with van der Waals surface area (Å²) < 4.78 is 5.60. The normalized spacial score (nSPS) is 37.2. The summed E-state index contributed by atoms with van der Waals surface area (Å²) in [7, 11) is 0. The molecular weight excluding hydrogens is 268 g/mol. The lowest BCUT2D eigenvalue weighted by molar-refractivity contribution is -0.157. The van der Waals surface area contributed by atoms with Crippen LogP contribution < -0.4 is 5.32 Å². The number of carbonyl (C=O) groups excluding carboxylic acids is 2. The maximum Gasteiger partial charge on any atom is 0.248 e. The van der Waals surface area contributed by atoms with Crippen LogP contribution in [0.25, 0.3) is 0 Å². The Morgan fingerprint density at radius 3 is 2.57 bits per heavy atom. The van der Waals surface area contributed by atoms with Gasteiger partial charge in [-0.2, -0.15) is 0 Å². The third kappa shape index (κ3) is 2.93. The van der Waals surface area contributed by atoms with Crippen molar-refractivity contribution in [1.82, 2.24) is 10.2 Å². The molecule has 1 N–H and O–H groups in total. The third-order valence-corrected chi connectivity index (χ3v) is 5.04. The Hall–Kier alpha value is -1.10. The Kier molecular flexibility index (Phi) is 4.61. The monoisotopic (exact) mass is 296 g/mol. The van der Waals surface area contributed by atoms with Crippen molar-refractivity contribution in [3.8, 4) is 0 Å². The quantitative estimate of drug-likeness (QED) is 0.856. The van der Waals surface area contributed by atoms with E-state index in [0.29, 0.717) is 18.9 Å². The molecule has 2 rings (SSSR count). The summed E-state index contributed by atoms with van der Waals surface area (Å²) in [5, 5.41) is 2.93. The van der Waals surface area contributed by atoms with Crippen molar-refractivity contribution in [2.75, 3.05) is 13.2 Å². The molecule has 0 bridgehead atoms. The molecule has 2 saturated heterocycles. The lowest BCUT2D eigenvalue weighted by atomic mass is 9.87. The van der Waals surface area contributed by atoms with Gasteiger partial charge in [0.2, 0.25) is 11.8 Å². The molecule has 0 aliphatic carbocycles. The minimum absolute atomic E-state index is 0.0273. The summed E-state index contributed by atoms with van der Waals surface area (Å²) in [5.41, 5.74) is -0.773. The fourth-order valence-electron chi connectivity index (χ4n) is 3.35. The van der Waals surface area contributed by atoms with Gasteiger partial charge in [-0.15, -0.1) is 0 Å². The Morgan fingerprint density at radius 1 is 1.43 bits per heavy atom. The van der Waals surface area contributed by atoms with Gasteiger partial charge in [0.25, 0.3) is 0 Å². The van der Waals surface area contributed by atoms with Crippen molar-refractivity contribution in [2.45, 2.75) is 65.1 Å². The van der Waals surface area contributed by atoms with Crippen LogP contribution in [0.3, 0.4) is 0 Å². The summed E-state index contributed by atoms with van der Waals surface area (Å²) in [5.74, 6) is 0.443. The third-order valence-electron chi connectivity index (χ3n) is 5.04. The lowest BCUT2D eigenvalue weighted by Crippen LogP contribution is -2.70. The number of amides is 2. The van der Waals surface area contributed by atoms with Crippen LogP contribution in [0.5, 0.6) is 0 Å². The van der Waals surface area contributed by atoms with Crippen LogP contribution in [0.2, 0.25) is 0 Å². The molecule has 120 valence electrons. The van der Waals surface area contributed by atoms with E-state index in [1.54, 1.807) is 0 Å². The highest BCUT2D eigenvalue weighted by Gasteiger charge is 2.48. The second-order valence-electron chi connectivity index (χ2n) is 6.95. The van der Waals surface area contributed by atoms with E-state index in [1.807, 2.05) is 32.6 Å². The molecule has 0 radical (unpaired) electrons. The van der Waals surface area contributed by atoms with E-state index >= 15 is 0 Å². The molecule has 5 heteroatoms. The minimum Gasteiger partial charge on any atom is -0.378 e. The van der Waals surface area contributed by atoms with Crippen LogP contribution in [-0.4, -0.2) is 47.6 Å². The number of nitrogens with zero attached hydrogens (tertiary/aromatic N) is 1. The van der Waals surface area contributed by atoms with E-state index in [-0.39, 0.29) is 29.9 Å². The van der Waals surface area contributed by atoms with Gasteiger partial charge >= 0.3 is 0 Å². The Labute approximate surface area is 127 Å². The van der Waals surface area contributed by atoms with Crippen LogP contribution in [0.15, 0.2) is 0 Å². The van der Waals surface area contributed by atoms with Crippen molar-refractivity contribution < 1.29 is 14.3 Å². The van der Waals surface area contributed by atoms with Crippen LogP contribution in [-0.2, 0) is 14.3 Å². The second-order valence-corrected chi connectivity index (χ2v) is 6.95. The van der Waals surface area contributed by atoms with E-state index in [0.717, 1.165) is 13.0 Å². The molecule has 0 saturated carbocycles. The van der Waals surface area contributed by atoms with Gasteiger partial charge in [0.15, 0.2) is 0 Å². The van der Waals surface area contributed by atoms with Crippen LogP contribution in [0.4, 0.5) is 0 Å². The van der Waals surface area contributed by atoms with Crippen molar-refractivity contribution in [3.05, 3.63) is 0 Å². The molecule has 0 aromatic rings. The Bertz CT molecular complexity index is 424. The second kappa shape index (κ2) is 5.95. The first-order valence-electron chi connectivity index (χ1n) is 8.05. The van der Waals surface area contributed by atoms with Gasteiger partial charge in [0, 0.05) is 19.1 Å². The van der Waals surface area contributed by atoms with Gasteiger partial charge < -0.3 is 15.0 Å². The first kappa shape index (κ1) is 16.3. The van der Waals surface area contributed by atoms with E-state index in [9.17, 15) is 9.59 Å². The number of carbonyl (C=O) groups is 2. The topological polar surface area (TPSA) is 58.6 Å². The molecule has 5 nitrogen and oxygen atoms in total. The SMILES string of the molecule is CCC1(C)NC(=O)C(C(C)C)N(CC2CCOC2C)C1=O. The van der Waals surface area contributed by atoms with Gasteiger partial charge in [0.05, 0.1) is 6.10 Å². The van der Waals surface area contributed by atoms with Crippen LogP contribution >= 0.6 is 0 Å². The van der Waals surface area contributed by atoms with Crippen LogP contribution in [0.1, 0.15) is 47.5 Å². The molecule has 21 heavy (non-hydrogen) atoms. The molecule has 4 atom stereocenters. The predicted octanol–water partition coefficient (Wildman–Crippen LogP) is 1.56. The van der Waals surface area contributed by atoms with Crippen molar-refractivity contribution in [3.63, 3.8) is 0 Å². The van der Waals surface area contributed by atoms with E-state index in [1.165, 1.54) is 0 Å². The highest BCUT2D eigenvalue weighted by atomic mass is 16.5. The molecule has 2 amide bonds. The van der Waals surface area contributed by atoms with Gasteiger partial charge in [-0.05, 0) is 32.6 Å². The maximum absolute atomic E-state index is 12.9. The average molecular weight is 296 g/mol. The summed E-state index contributed by atoms with van der Waals surface area (Å²) >= 11 is 0. The van der Waals surface area contributed by atoms with Crippen molar-refractivity contribution in [2.24, 2.45) is 11.8 Å². The number of hydrogen-bond donors (Lipinski definition) is 1. The summed E-state index contributed by atoms with van der Waals surface area (Å²) in [6.45, 7) is 11.2. The maximum atomic E-state index is 12.9. The molecule has 0 aromatic heterocycles. The molecule has 2 heterocycles. The largest absolute Gasteiger partial charge is 0.378 e. The molecule has 0 aromatic carbocycles. The zero-order chi connectivity index (χ0) is 15.8. The Balaban J connectivity index is 2.26. The zero-order valence-corrected chi connectivity index (χ0v) is 13.8. The molecule has 2 fully saturated rings. The minimum atomic E-state index is -0.773. The average Bonchev–Trinajstić information content (AvgIpc) is 2.80. The van der Waals surface area contributed by atoms with E-state index in [2.05, 4.69) is 12.2 Å². The predicted molar refractivity (Wildman–Crippen MR) is 80.7 cm³/mol. The van der Waals surface area contributed by atoms with Gasteiger partial charge in [-0.25, -0.2) is 0 Å². The molecule has 0 spiro atoms. The van der Waals surface area contributed by atoms with E-state index in [4.69, 9.17) is 4.74 Å². The highest BCUT2D eigenvalue weighted by Crippen LogP contribution is 2.29. The number of hydrogen-bond acceptors (Lipinski definition) is 3. The summed E-state index contributed by atoms with van der Waals surface area (Å²) in [4.78, 5) is 27.2. The molecule has 2 aliphatic rings. The van der Waals surface area contributed by atoms with Gasteiger partial charge in [0.1, 0.15) is 11.6 Å². The number of ether oxygens (including phenoxy) is 1. The standard InChI is InChI=1S/C16H28N2O3/c1-6-16(5)15(20)18(9-12-7-8-21-11(12)4)13(10(2)3)14(19)17-16/h10-13H,6-9H2,1-5H3,(H,17,19). The fraction of sp³-hybridized carbons (Fsp3) is 0.875. The molecular formula is C16H28N2O3. The smallest absolute Gasteiger partial charge is 0.248 e. The fourth-order valence-corrected chi connectivity index (χ4v) is 3.35. The van der Waals surface area contributed by atoms with Gasteiger partial charge in [-0.3, -0.25) is 9.59 Å². The van der Waals surface area contributed by atoms with Gasteiger partial charge in [-0.1, -0.05) is 20.8 Å². The van der Waals surface area contributed by atoms with Crippen molar-refractivity contribution in [1.29, 1.82) is 0 Å². The number of rotatable bonds is 4. The lowest BCUT2D eigenvalue weighted by Gasteiger charge is -2.46. The number of nitrogens with one attached hydrogen (secondary N) is 1. The molecule has 2 aliphatic heterocycles. The zero-order valence-electron chi connectivity index (χ0n) is 13.8. The summed E-state index contributed by atoms with van der Waals surface area (Å²) in [6, 6.07) is -0.370. The molecule has 4 unspecified atom stereocenters. The number of piperazine rings is 1. The summed E-state index contributed by atoms with van der Waals surface area (Å²) in [6.07, 6.45) is 1.72. The van der Waals surface area contributed by atoms with Crippen LogP contribution in [0, 0.1) is 11.8 Å². The van der Waals surface area contributed by atoms with Crippen molar-refractivity contribution >= 4 is 11.8 Å². The highest BCUT2D eigenvalue weighted by molar-refractivity contribution is 5.99. The first-order chi connectivity index (χ1) is 9.80. The van der Waals surface area contributed by atoms with E-state index < -0.39 is 5.54 Å². The first-order valence-corrected chi connectivity index (χ1v) is 8.05.